The fraction of sp³-hybridized carbons (Fsp3) is 0.458. The first-order valence-corrected chi connectivity index (χ1v) is 11.2. The van der Waals surface area contributed by atoms with Crippen molar-refractivity contribution in [2.45, 2.75) is 38.6 Å². The number of ether oxygens (including phenoxy) is 1. The van der Waals surface area contributed by atoms with E-state index < -0.39 is 11.6 Å². The highest BCUT2D eigenvalue weighted by Gasteiger charge is 2.19. The summed E-state index contributed by atoms with van der Waals surface area (Å²) in [6, 6.07) is 6.95. The lowest BCUT2D eigenvalue weighted by Crippen LogP contribution is -2.23. The van der Waals surface area contributed by atoms with E-state index in [1.165, 1.54) is 31.4 Å². The molecular formula is C24H30F2N4O2. The molecule has 0 aliphatic heterocycles. The van der Waals surface area contributed by atoms with E-state index in [9.17, 15) is 13.6 Å². The Bertz CT molecular complexity index is 1130. The number of hydrogen-bond donors (Lipinski definition) is 2. The number of nitrogens with zero attached hydrogens (tertiary/aromatic N) is 2. The van der Waals surface area contributed by atoms with E-state index in [1.807, 2.05) is 25.1 Å². The number of fused-ring (bicyclic) bond motifs is 1. The summed E-state index contributed by atoms with van der Waals surface area (Å²) in [4.78, 5) is 17.6. The molecule has 1 aromatic heterocycles. The minimum atomic E-state index is -0.701. The van der Waals surface area contributed by atoms with Gasteiger partial charge in [-0.25, -0.2) is 13.6 Å². The molecule has 1 aliphatic rings. The number of anilines is 2. The molecule has 3 aromatic rings. The van der Waals surface area contributed by atoms with Gasteiger partial charge in [-0.05, 0) is 51.1 Å². The monoisotopic (exact) mass is 444 g/mol. The third kappa shape index (κ3) is 5.12. The smallest absolute Gasteiger partial charge is 0.326 e. The number of rotatable bonds is 8. The van der Waals surface area contributed by atoms with Gasteiger partial charge >= 0.3 is 5.69 Å². The average Bonchev–Trinajstić information content (AvgIpc) is 3.05. The summed E-state index contributed by atoms with van der Waals surface area (Å²) in [5, 5.41) is 3.00. The molecule has 1 saturated carbocycles. The Morgan fingerprint density at radius 1 is 1.12 bits per heavy atom. The van der Waals surface area contributed by atoms with Crippen LogP contribution in [0.4, 0.5) is 20.2 Å². The number of imidazole rings is 1. The van der Waals surface area contributed by atoms with Gasteiger partial charge in [-0.15, -0.1) is 0 Å². The van der Waals surface area contributed by atoms with Crippen LogP contribution in [0.5, 0.6) is 5.75 Å². The quantitative estimate of drug-likeness (QED) is 0.520. The number of benzene rings is 2. The molecule has 2 N–H and O–H groups in total. The molecule has 1 aliphatic carbocycles. The number of likely N-dealkylation sites (N-methyl/N-ethyl adjacent to an activating group) is 1. The van der Waals surface area contributed by atoms with E-state index in [2.05, 4.69) is 10.3 Å². The van der Waals surface area contributed by atoms with Crippen molar-refractivity contribution in [3.8, 4) is 5.75 Å². The number of hydrogen-bond acceptors (Lipinski definition) is 4. The second kappa shape index (κ2) is 9.73. The van der Waals surface area contributed by atoms with Crippen LogP contribution < -0.4 is 15.7 Å². The van der Waals surface area contributed by atoms with Crippen molar-refractivity contribution < 1.29 is 13.5 Å². The molecule has 2 aromatic carbocycles. The maximum absolute atomic E-state index is 14.3. The van der Waals surface area contributed by atoms with Gasteiger partial charge in [-0.3, -0.25) is 4.57 Å². The van der Waals surface area contributed by atoms with Gasteiger partial charge in [-0.2, -0.15) is 0 Å². The first-order valence-electron chi connectivity index (χ1n) is 11.2. The molecule has 0 radical (unpaired) electrons. The summed E-state index contributed by atoms with van der Waals surface area (Å²) < 4.78 is 35.4. The Morgan fingerprint density at radius 3 is 2.62 bits per heavy atom. The maximum atomic E-state index is 14.3. The van der Waals surface area contributed by atoms with Crippen LogP contribution in [0.15, 0.2) is 35.1 Å². The molecule has 0 atom stereocenters. The highest BCUT2D eigenvalue weighted by Crippen LogP contribution is 2.34. The third-order valence-corrected chi connectivity index (χ3v) is 6.04. The summed E-state index contributed by atoms with van der Waals surface area (Å²) >= 11 is 0. The number of aromatic amines is 1. The zero-order valence-electron chi connectivity index (χ0n) is 18.6. The van der Waals surface area contributed by atoms with Crippen molar-refractivity contribution in [1.29, 1.82) is 0 Å². The Balaban J connectivity index is 1.70. The lowest BCUT2D eigenvalue weighted by atomic mass is 9.89. The fourth-order valence-electron chi connectivity index (χ4n) is 4.28. The Morgan fingerprint density at radius 2 is 1.91 bits per heavy atom. The summed E-state index contributed by atoms with van der Waals surface area (Å²) in [5.41, 5.74) is 1.90. The number of aromatic nitrogens is 2. The molecule has 0 spiro atoms. The van der Waals surface area contributed by atoms with E-state index >= 15 is 0 Å². The largest absolute Gasteiger partial charge is 0.490 e. The zero-order chi connectivity index (χ0) is 22.7. The third-order valence-electron chi connectivity index (χ3n) is 6.04. The molecule has 0 amide bonds. The van der Waals surface area contributed by atoms with Crippen LogP contribution in [0, 0.1) is 17.6 Å². The molecule has 4 rings (SSSR count). The minimum Gasteiger partial charge on any atom is -0.490 e. The van der Waals surface area contributed by atoms with Crippen molar-refractivity contribution >= 4 is 22.4 Å². The maximum Gasteiger partial charge on any atom is 0.326 e. The summed E-state index contributed by atoms with van der Waals surface area (Å²) in [6.07, 6.45) is 5.94. The summed E-state index contributed by atoms with van der Waals surface area (Å²) in [5.74, 6) is -0.341. The molecule has 32 heavy (non-hydrogen) atoms. The molecule has 1 fully saturated rings. The van der Waals surface area contributed by atoms with Gasteiger partial charge < -0.3 is 19.9 Å². The van der Waals surface area contributed by atoms with Crippen LogP contribution in [0.3, 0.4) is 0 Å². The normalized spacial score (nSPS) is 14.9. The van der Waals surface area contributed by atoms with Gasteiger partial charge in [0, 0.05) is 25.2 Å². The van der Waals surface area contributed by atoms with Gasteiger partial charge in [0.15, 0.2) is 0 Å². The van der Waals surface area contributed by atoms with Gasteiger partial charge in [0.25, 0.3) is 0 Å². The van der Waals surface area contributed by atoms with E-state index in [0.717, 1.165) is 24.4 Å². The van der Waals surface area contributed by atoms with Crippen molar-refractivity contribution in [2.24, 2.45) is 5.92 Å². The predicted octanol–water partition coefficient (Wildman–Crippen LogP) is 4.87. The summed E-state index contributed by atoms with van der Waals surface area (Å²) in [6.45, 7) is 1.80. The topological polar surface area (TPSA) is 62.3 Å². The zero-order valence-corrected chi connectivity index (χ0v) is 18.6. The van der Waals surface area contributed by atoms with Gasteiger partial charge in [0.05, 0.1) is 22.4 Å². The molecule has 0 bridgehead atoms. The number of halogens is 2. The van der Waals surface area contributed by atoms with Crippen LogP contribution in [-0.4, -0.2) is 41.7 Å². The molecule has 8 heteroatoms. The van der Waals surface area contributed by atoms with E-state index in [0.29, 0.717) is 42.6 Å². The Labute approximate surface area is 186 Å². The second-order valence-electron chi connectivity index (χ2n) is 8.81. The van der Waals surface area contributed by atoms with Crippen molar-refractivity contribution in [2.75, 3.05) is 32.6 Å². The minimum absolute atomic E-state index is 0.132. The Kier molecular flexibility index (Phi) is 6.79. The highest BCUT2D eigenvalue weighted by molar-refractivity contribution is 5.85. The van der Waals surface area contributed by atoms with E-state index in [4.69, 9.17) is 4.74 Å². The van der Waals surface area contributed by atoms with Crippen molar-refractivity contribution in [1.82, 2.24) is 14.5 Å². The van der Waals surface area contributed by atoms with Crippen LogP contribution in [0.25, 0.3) is 11.0 Å². The standard InChI is InChI=1S/C24H30F2N4O2/c1-29(2)10-11-32-23-14-22-20(13-21(23)27-19-9-8-17(25)12-18(19)26)28-24(31)30(22)15-16-6-4-3-5-7-16/h8-9,12-14,16,27H,3-7,10-11,15H2,1-2H3,(H,28,31). The van der Waals surface area contributed by atoms with Gasteiger partial charge in [0.1, 0.15) is 24.0 Å². The predicted molar refractivity (Wildman–Crippen MR) is 123 cm³/mol. The van der Waals surface area contributed by atoms with Crippen LogP contribution in [-0.2, 0) is 6.54 Å². The second-order valence-corrected chi connectivity index (χ2v) is 8.81. The van der Waals surface area contributed by atoms with Crippen LogP contribution >= 0.6 is 0 Å². The van der Waals surface area contributed by atoms with E-state index in [-0.39, 0.29) is 11.4 Å². The molecule has 172 valence electrons. The van der Waals surface area contributed by atoms with Crippen LogP contribution in [0.1, 0.15) is 32.1 Å². The fourth-order valence-corrected chi connectivity index (χ4v) is 4.28. The first kappa shape index (κ1) is 22.3. The molecule has 0 saturated heterocycles. The lowest BCUT2D eigenvalue weighted by molar-refractivity contribution is 0.262. The SMILES string of the molecule is CN(C)CCOc1cc2c(cc1Nc1ccc(F)cc1F)[nH]c(=O)n2CC1CCCCC1. The lowest BCUT2D eigenvalue weighted by Gasteiger charge is -2.22. The number of H-pyrrole nitrogens is 1. The molecule has 1 heterocycles. The van der Waals surface area contributed by atoms with Crippen molar-refractivity contribution in [3.63, 3.8) is 0 Å². The highest BCUT2D eigenvalue weighted by atomic mass is 19.1. The molecule has 6 nitrogen and oxygen atoms in total. The molecular weight excluding hydrogens is 414 g/mol. The Hall–Kier alpha value is -2.87. The summed E-state index contributed by atoms with van der Waals surface area (Å²) in [7, 11) is 3.90. The number of nitrogens with one attached hydrogen (secondary N) is 2. The van der Waals surface area contributed by atoms with Crippen molar-refractivity contribution in [3.05, 3.63) is 52.5 Å². The van der Waals surface area contributed by atoms with Crippen LogP contribution in [0.2, 0.25) is 0 Å². The first-order chi connectivity index (χ1) is 15.4. The van der Waals surface area contributed by atoms with Gasteiger partial charge in [0.2, 0.25) is 0 Å². The average molecular weight is 445 g/mol. The van der Waals surface area contributed by atoms with E-state index in [1.54, 1.807) is 10.6 Å². The molecule has 0 unspecified atom stereocenters. The van der Waals surface area contributed by atoms with Gasteiger partial charge in [-0.1, -0.05) is 19.3 Å².